The molecule has 1 aliphatic heterocycles. The van der Waals surface area contributed by atoms with Crippen LogP contribution in [0.3, 0.4) is 0 Å². The second-order valence-corrected chi connectivity index (χ2v) is 5.18. The Morgan fingerprint density at radius 3 is 2.83 bits per heavy atom. The van der Waals surface area contributed by atoms with E-state index in [9.17, 15) is 0 Å². The van der Waals surface area contributed by atoms with E-state index in [1.807, 2.05) is 0 Å². The molecule has 0 radical (unpaired) electrons. The summed E-state index contributed by atoms with van der Waals surface area (Å²) in [6.07, 6.45) is 5.06. The first-order chi connectivity index (χ1) is 8.90. The molecule has 0 aliphatic carbocycles. The maximum absolute atomic E-state index is 5.56. The molecule has 2 heteroatoms. The quantitative estimate of drug-likeness (QED) is 0.830. The molecular formula is C16H25NO. The molecular weight excluding hydrogens is 222 g/mol. The maximum atomic E-state index is 5.56. The van der Waals surface area contributed by atoms with Gasteiger partial charge in [-0.2, -0.15) is 0 Å². The first-order valence-electron chi connectivity index (χ1n) is 7.26. The average Bonchev–Trinajstić information content (AvgIpc) is 2.45. The van der Waals surface area contributed by atoms with E-state index in [0.29, 0.717) is 6.04 Å². The standard InChI is InChI=1S/C16H25NO/c1-2-17-16(15-8-4-3-5-9-15)11-10-14-7-6-12-18-13-14/h3-5,8-9,14,16-17H,2,6-7,10-13H2,1H3. The topological polar surface area (TPSA) is 21.3 Å². The zero-order valence-electron chi connectivity index (χ0n) is 11.4. The molecule has 1 saturated heterocycles. The van der Waals surface area contributed by atoms with Gasteiger partial charge in [-0.05, 0) is 43.7 Å². The lowest BCUT2D eigenvalue weighted by atomic mass is 9.92. The Labute approximate surface area is 111 Å². The third-order valence-corrected chi connectivity index (χ3v) is 3.77. The normalized spacial score (nSPS) is 21.7. The first-order valence-corrected chi connectivity index (χ1v) is 7.26. The van der Waals surface area contributed by atoms with Crippen LogP contribution in [0.5, 0.6) is 0 Å². The SMILES string of the molecule is CCNC(CCC1CCCOC1)c1ccccc1. The van der Waals surface area contributed by atoms with Crippen LogP contribution in [-0.2, 0) is 4.74 Å². The van der Waals surface area contributed by atoms with Gasteiger partial charge < -0.3 is 10.1 Å². The van der Waals surface area contributed by atoms with Crippen molar-refractivity contribution in [3.05, 3.63) is 35.9 Å². The van der Waals surface area contributed by atoms with Crippen molar-refractivity contribution >= 4 is 0 Å². The highest BCUT2D eigenvalue weighted by atomic mass is 16.5. The molecule has 2 nitrogen and oxygen atoms in total. The van der Waals surface area contributed by atoms with Crippen molar-refractivity contribution in [2.45, 2.75) is 38.6 Å². The van der Waals surface area contributed by atoms with Crippen molar-refractivity contribution in [2.24, 2.45) is 5.92 Å². The molecule has 1 aromatic rings. The van der Waals surface area contributed by atoms with Gasteiger partial charge in [0.2, 0.25) is 0 Å². The minimum Gasteiger partial charge on any atom is -0.381 e. The summed E-state index contributed by atoms with van der Waals surface area (Å²) in [4.78, 5) is 0. The summed E-state index contributed by atoms with van der Waals surface area (Å²) in [5, 5.41) is 3.60. The number of hydrogen-bond donors (Lipinski definition) is 1. The number of ether oxygens (including phenoxy) is 1. The Bertz CT molecular complexity index is 319. The third kappa shape index (κ3) is 4.11. The maximum Gasteiger partial charge on any atom is 0.0494 e. The number of hydrogen-bond acceptors (Lipinski definition) is 2. The fraction of sp³-hybridized carbons (Fsp3) is 0.625. The summed E-state index contributed by atoms with van der Waals surface area (Å²) in [7, 11) is 0. The summed E-state index contributed by atoms with van der Waals surface area (Å²) in [5.41, 5.74) is 1.41. The number of rotatable bonds is 6. The lowest BCUT2D eigenvalue weighted by Gasteiger charge is -2.25. The summed E-state index contributed by atoms with van der Waals surface area (Å²) in [5.74, 6) is 0.767. The summed E-state index contributed by atoms with van der Waals surface area (Å²) in [6.45, 7) is 5.14. The fourth-order valence-electron chi connectivity index (χ4n) is 2.76. The van der Waals surface area contributed by atoms with Gasteiger partial charge in [0, 0.05) is 19.3 Å². The molecule has 0 spiro atoms. The molecule has 1 aromatic carbocycles. The van der Waals surface area contributed by atoms with Gasteiger partial charge in [-0.1, -0.05) is 37.3 Å². The van der Waals surface area contributed by atoms with Gasteiger partial charge in [0.15, 0.2) is 0 Å². The van der Waals surface area contributed by atoms with Crippen LogP contribution in [0.1, 0.15) is 44.2 Å². The van der Waals surface area contributed by atoms with Crippen LogP contribution in [-0.4, -0.2) is 19.8 Å². The van der Waals surface area contributed by atoms with Gasteiger partial charge in [0.1, 0.15) is 0 Å². The van der Waals surface area contributed by atoms with Gasteiger partial charge >= 0.3 is 0 Å². The molecule has 1 fully saturated rings. The molecule has 0 aromatic heterocycles. The molecule has 1 N–H and O–H groups in total. The van der Waals surface area contributed by atoms with Crippen LogP contribution in [0, 0.1) is 5.92 Å². The highest BCUT2D eigenvalue weighted by molar-refractivity contribution is 5.18. The number of nitrogens with one attached hydrogen (secondary N) is 1. The largest absolute Gasteiger partial charge is 0.381 e. The van der Waals surface area contributed by atoms with Crippen LogP contribution < -0.4 is 5.32 Å². The Balaban J connectivity index is 1.86. The van der Waals surface area contributed by atoms with Gasteiger partial charge in [-0.25, -0.2) is 0 Å². The van der Waals surface area contributed by atoms with Crippen LogP contribution in [0.15, 0.2) is 30.3 Å². The molecule has 2 rings (SSSR count). The molecule has 0 bridgehead atoms. The van der Waals surface area contributed by atoms with E-state index < -0.39 is 0 Å². The zero-order chi connectivity index (χ0) is 12.6. The van der Waals surface area contributed by atoms with Gasteiger partial charge in [-0.15, -0.1) is 0 Å². The second kappa shape index (κ2) is 7.55. The predicted octanol–water partition coefficient (Wildman–Crippen LogP) is 3.54. The van der Waals surface area contributed by atoms with Crippen molar-refractivity contribution in [1.29, 1.82) is 0 Å². The molecule has 18 heavy (non-hydrogen) atoms. The Morgan fingerprint density at radius 2 is 2.17 bits per heavy atom. The van der Waals surface area contributed by atoms with E-state index >= 15 is 0 Å². The zero-order valence-corrected chi connectivity index (χ0v) is 11.4. The Morgan fingerprint density at radius 1 is 1.33 bits per heavy atom. The molecule has 2 unspecified atom stereocenters. The summed E-state index contributed by atoms with van der Waals surface area (Å²) in [6, 6.07) is 11.3. The van der Waals surface area contributed by atoms with Crippen LogP contribution in [0.25, 0.3) is 0 Å². The molecule has 2 atom stereocenters. The average molecular weight is 247 g/mol. The minimum atomic E-state index is 0.498. The Kier molecular flexibility index (Phi) is 5.69. The lowest BCUT2D eigenvalue weighted by molar-refractivity contribution is 0.0498. The van der Waals surface area contributed by atoms with Crippen LogP contribution >= 0.6 is 0 Å². The number of benzene rings is 1. The van der Waals surface area contributed by atoms with Gasteiger partial charge in [0.05, 0.1) is 0 Å². The van der Waals surface area contributed by atoms with Crippen molar-refractivity contribution in [3.63, 3.8) is 0 Å². The first kappa shape index (κ1) is 13.6. The second-order valence-electron chi connectivity index (χ2n) is 5.18. The van der Waals surface area contributed by atoms with Gasteiger partial charge in [-0.3, -0.25) is 0 Å². The third-order valence-electron chi connectivity index (χ3n) is 3.77. The highest BCUT2D eigenvalue weighted by Crippen LogP contribution is 2.25. The summed E-state index contributed by atoms with van der Waals surface area (Å²) >= 11 is 0. The molecule has 100 valence electrons. The minimum absolute atomic E-state index is 0.498. The smallest absolute Gasteiger partial charge is 0.0494 e. The Hall–Kier alpha value is -0.860. The van der Waals surface area contributed by atoms with E-state index in [1.165, 1.54) is 31.2 Å². The fourth-order valence-corrected chi connectivity index (χ4v) is 2.76. The van der Waals surface area contributed by atoms with Crippen LogP contribution in [0.2, 0.25) is 0 Å². The summed E-state index contributed by atoms with van der Waals surface area (Å²) < 4.78 is 5.56. The van der Waals surface area contributed by atoms with E-state index in [-0.39, 0.29) is 0 Å². The van der Waals surface area contributed by atoms with Crippen molar-refractivity contribution < 1.29 is 4.74 Å². The lowest BCUT2D eigenvalue weighted by Crippen LogP contribution is -2.23. The van der Waals surface area contributed by atoms with Crippen molar-refractivity contribution in [2.75, 3.05) is 19.8 Å². The molecule has 0 amide bonds. The monoisotopic (exact) mass is 247 g/mol. The van der Waals surface area contributed by atoms with E-state index in [4.69, 9.17) is 4.74 Å². The van der Waals surface area contributed by atoms with Crippen molar-refractivity contribution in [1.82, 2.24) is 5.32 Å². The van der Waals surface area contributed by atoms with E-state index in [2.05, 4.69) is 42.6 Å². The van der Waals surface area contributed by atoms with Crippen molar-refractivity contribution in [3.8, 4) is 0 Å². The van der Waals surface area contributed by atoms with Gasteiger partial charge in [0.25, 0.3) is 0 Å². The molecule has 1 aliphatic rings. The highest BCUT2D eigenvalue weighted by Gasteiger charge is 2.17. The van der Waals surface area contributed by atoms with E-state index in [0.717, 1.165) is 25.7 Å². The predicted molar refractivity (Wildman–Crippen MR) is 75.6 cm³/mol. The molecule has 0 saturated carbocycles. The molecule has 1 heterocycles. The van der Waals surface area contributed by atoms with E-state index in [1.54, 1.807) is 0 Å². The van der Waals surface area contributed by atoms with Crippen LogP contribution in [0.4, 0.5) is 0 Å².